The fourth-order valence-corrected chi connectivity index (χ4v) is 2.81. The molecule has 0 aliphatic carbocycles. The number of hydrogen-bond donors (Lipinski definition) is 2. The van der Waals surface area contributed by atoms with Gasteiger partial charge < -0.3 is 15.4 Å². The maximum absolute atomic E-state index is 12.1. The van der Waals surface area contributed by atoms with Crippen molar-refractivity contribution in [2.75, 3.05) is 13.2 Å². The van der Waals surface area contributed by atoms with E-state index < -0.39 is 42.5 Å². The zero-order valence-electron chi connectivity index (χ0n) is 15.8. The van der Waals surface area contributed by atoms with E-state index in [0.29, 0.717) is 0 Å². The molecule has 0 radical (unpaired) electrons. The van der Waals surface area contributed by atoms with Crippen molar-refractivity contribution in [1.29, 1.82) is 0 Å². The number of carbonyl (C=O) groups is 4. The Kier molecular flexibility index (Phi) is 6.55. The molecule has 4 amide bonds. The third-order valence-corrected chi connectivity index (χ3v) is 4.21. The van der Waals surface area contributed by atoms with Gasteiger partial charge in [-0.1, -0.05) is 43.7 Å². The first-order valence-electron chi connectivity index (χ1n) is 8.88. The number of esters is 1. The van der Waals surface area contributed by atoms with E-state index in [9.17, 15) is 19.2 Å². The summed E-state index contributed by atoms with van der Waals surface area (Å²) >= 11 is 0. The van der Waals surface area contributed by atoms with E-state index >= 15 is 0 Å². The molecule has 1 atom stereocenters. The summed E-state index contributed by atoms with van der Waals surface area (Å²) in [4.78, 5) is 48.6. The molecule has 1 aromatic rings. The van der Waals surface area contributed by atoms with Gasteiger partial charge in [0.15, 0.2) is 6.61 Å². The fourth-order valence-electron chi connectivity index (χ4n) is 2.81. The molecule has 2 rings (SSSR count). The second kappa shape index (κ2) is 8.66. The van der Waals surface area contributed by atoms with Crippen molar-refractivity contribution in [3.63, 3.8) is 0 Å². The number of nitrogens with one attached hydrogen (secondary N) is 2. The normalized spacial score (nSPS) is 16.6. The largest absolute Gasteiger partial charge is 0.454 e. The third-order valence-electron chi connectivity index (χ3n) is 4.21. The standard InChI is InChI=1S/C19H25N3O5/c1-4-8-14(13-9-6-5-7-10-13)20-15(23)12-27-16(24)11-22-17(25)19(2,3)21-18(22)26/h5-7,9-10,14H,4,8,11-12H2,1-3H3,(H,20,23)(H,21,26)/t14-/m0/s1. The summed E-state index contributed by atoms with van der Waals surface area (Å²) in [5, 5.41) is 5.31. The molecule has 1 fully saturated rings. The quantitative estimate of drug-likeness (QED) is 0.529. The van der Waals surface area contributed by atoms with E-state index in [4.69, 9.17) is 4.74 Å². The smallest absolute Gasteiger partial charge is 0.326 e. The van der Waals surface area contributed by atoms with Crippen LogP contribution in [0.5, 0.6) is 0 Å². The highest BCUT2D eigenvalue weighted by Gasteiger charge is 2.45. The SMILES string of the molecule is CCC[C@H](NC(=O)COC(=O)CN1C(=O)NC(C)(C)C1=O)c1ccccc1. The van der Waals surface area contributed by atoms with Crippen LogP contribution < -0.4 is 10.6 Å². The zero-order valence-corrected chi connectivity index (χ0v) is 15.8. The van der Waals surface area contributed by atoms with Crippen molar-refractivity contribution in [1.82, 2.24) is 15.5 Å². The average Bonchev–Trinajstić information content (AvgIpc) is 2.82. The summed E-state index contributed by atoms with van der Waals surface area (Å²) < 4.78 is 4.92. The minimum absolute atomic E-state index is 0.172. The van der Waals surface area contributed by atoms with Gasteiger partial charge in [0.05, 0.1) is 6.04 Å². The molecule has 0 saturated carbocycles. The first kappa shape index (κ1) is 20.4. The number of imide groups is 1. The summed E-state index contributed by atoms with van der Waals surface area (Å²) in [6, 6.07) is 8.70. The maximum Gasteiger partial charge on any atom is 0.326 e. The molecule has 0 bridgehead atoms. The van der Waals surface area contributed by atoms with Crippen LogP contribution in [0.15, 0.2) is 30.3 Å². The highest BCUT2D eigenvalue weighted by atomic mass is 16.5. The molecule has 0 spiro atoms. The Labute approximate surface area is 158 Å². The predicted molar refractivity (Wildman–Crippen MR) is 97.5 cm³/mol. The number of hydrogen-bond acceptors (Lipinski definition) is 5. The summed E-state index contributed by atoms with van der Waals surface area (Å²) in [6.45, 7) is 4.10. The molecule has 1 aliphatic heterocycles. The predicted octanol–water partition coefficient (Wildman–Crippen LogP) is 1.52. The lowest BCUT2D eigenvalue weighted by molar-refractivity contribution is -0.151. The molecule has 0 aromatic heterocycles. The molecule has 1 heterocycles. The molecule has 2 N–H and O–H groups in total. The fraction of sp³-hybridized carbons (Fsp3) is 0.474. The van der Waals surface area contributed by atoms with Gasteiger partial charge in [0.2, 0.25) is 0 Å². The lowest BCUT2D eigenvalue weighted by atomic mass is 10.0. The second-order valence-corrected chi connectivity index (χ2v) is 6.93. The number of ether oxygens (including phenoxy) is 1. The topological polar surface area (TPSA) is 105 Å². The highest BCUT2D eigenvalue weighted by molar-refractivity contribution is 6.08. The van der Waals surface area contributed by atoms with Crippen LogP contribution in [0.3, 0.4) is 0 Å². The van der Waals surface area contributed by atoms with E-state index in [0.717, 1.165) is 23.3 Å². The zero-order chi connectivity index (χ0) is 20.0. The lowest BCUT2D eigenvalue weighted by Crippen LogP contribution is -2.41. The maximum atomic E-state index is 12.1. The molecule has 1 aliphatic rings. The Bertz CT molecular complexity index is 717. The van der Waals surface area contributed by atoms with Gasteiger partial charge in [-0.2, -0.15) is 0 Å². The molecule has 1 saturated heterocycles. The van der Waals surface area contributed by atoms with Crippen LogP contribution in [0, 0.1) is 0 Å². The van der Waals surface area contributed by atoms with Crippen LogP contribution in [-0.2, 0) is 19.1 Å². The van der Waals surface area contributed by atoms with E-state index in [1.165, 1.54) is 0 Å². The van der Waals surface area contributed by atoms with Gasteiger partial charge in [-0.15, -0.1) is 0 Å². The van der Waals surface area contributed by atoms with Crippen molar-refractivity contribution >= 4 is 23.8 Å². The van der Waals surface area contributed by atoms with E-state index in [1.54, 1.807) is 13.8 Å². The Morgan fingerprint density at radius 1 is 1.22 bits per heavy atom. The summed E-state index contributed by atoms with van der Waals surface area (Å²) in [6.07, 6.45) is 1.63. The van der Waals surface area contributed by atoms with Gasteiger partial charge in [-0.05, 0) is 25.8 Å². The Balaban J connectivity index is 1.85. The van der Waals surface area contributed by atoms with E-state index in [1.807, 2.05) is 37.3 Å². The average molecular weight is 375 g/mol. The molecular formula is C19H25N3O5. The van der Waals surface area contributed by atoms with Gasteiger partial charge in [0, 0.05) is 0 Å². The molecule has 27 heavy (non-hydrogen) atoms. The highest BCUT2D eigenvalue weighted by Crippen LogP contribution is 2.18. The number of carbonyl (C=O) groups excluding carboxylic acids is 4. The number of amides is 4. The van der Waals surface area contributed by atoms with Crippen molar-refractivity contribution in [2.24, 2.45) is 0 Å². The molecule has 146 valence electrons. The Morgan fingerprint density at radius 2 is 1.89 bits per heavy atom. The lowest BCUT2D eigenvalue weighted by Gasteiger charge is -2.19. The van der Waals surface area contributed by atoms with Crippen LogP contribution in [-0.4, -0.2) is 47.4 Å². The molecule has 8 heteroatoms. The molecule has 8 nitrogen and oxygen atoms in total. The van der Waals surface area contributed by atoms with Gasteiger partial charge >= 0.3 is 12.0 Å². The minimum atomic E-state index is -1.06. The number of benzene rings is 1. The van der Waals surface area contributed by atoms with Gasteiger partial charge in [-0.25, -0.2) is 4.79 Å². The molecule has 1 aromatic carbocycles. The van der Waals surface area contributed by atoms with Crippen molar-refractivity contribution in [2.45, 2.75) is 45.2 Å². The Morgan fingerprint density at radius 3 is 2.44 bits per heavy atom. The molecular weight excluding hydrogens is 350 g/mol. The van der Waals surface area contributed by atoms with Crippen LogP contribution >= 0.6 is 0 Å². The summed E-state index contributed by atoms with van der Waals surface area (Å²) in [5.41, 5.74) is -0.0850. The number of nitrogens with zero attached hydrogens (tertiary/aromatic N) is 1. The minimum Gasteiger partial charge on any atom is -0.454 e. The third kappa shape index (κ3) is 5.29. The van der Waals surface area contributed by atoms with Crippen LogP contribution in [0.25, 0.3) is 0 Å². The van der Waals surface area contributed by atoms with Gasteiger partial charge in [-0.3, -0.25) is 19.3 Å². The Hall–Kier alpha value is -2.90. The van der Waals surface area contributed by atoms with Crippen molar-refractivity contribution in [3.8, 4) is 0 Å². The van der Waals surface area contributed by atoms with Crippen molar-refractivity contribution in [3.05, 3.63) is 35.9 Å². The second-order valence-electron chi connectivity index (χ2n) is 6.93. The van der Waals surface area contributed by atoms with E-state index in [2.05, 4.69) is 10.6 Å². The van der Waals surface area contributed by atoms with E-state index in [-0.39, 0.29) is 6.04 Å². The van der Waals surface area contributed by atoms with Crippen LogP contribution in [0.1, 0.15) is 45.2 Å². The monoisotopic (exact) mass is 375 g/mol. The summed E-state index contributed by atoms with van der Waals surface area (Å²) in [7, 11) is 0. The van der Waals surface area contributed by atoms with Crippen LogP contribution in [0.4, 0.5) is 4.79 Å². The first-order chi connectivity index (χ1) is 12.7. The summed E-state index contributed by atoms with van der Waals surface area (Å²) in [5.74, 6) is -1.78. The van der Waals surface area contributed by atoms with Gasteiger partial charge in [0.1, 0.15) is 12.1 Å². The van der Waals surface area contributed by atoms with Crippen molar-refractivity contribution < 1.29 is 23.9 Å². The number of rotatable bonds is 8. The first-order valence-corrected chi connectivity index (χ1v) is 8.88. The molecule has 0 unspecified atom stereocenters. The number of urea groups is 1. The van der Waals surface area contributed by atoms with Gasteiger partial charge in [0.25, 0.3) is 11.8 Å². The van der Waals surface area contributed by atoms with Crippen LogP contribution in [0.2, 0.25) is 0 Å².